The van der Waals surface area contributed by atoms with Crippen LogP contribution in [-0.4, -0.2) is 22.5 Å². The number of Topliss-reactive ketones (excluding diaryl/α,β-unsaturated/α-hetero) is 1. The van der Waals surface area contributed by atoms with E-state index >= 15 is 0 Å². The second-order valence-electron chi connectivity index (χ2n) is 6.50. The molecule has 0 spiro atoms. The Morgan fingerprint density at radius 2 is 1.96 bits per heavy atom. The molecule has 2 unspecified atom stereocenters. The van der Waals surface area contributed by atoms with Gasteiger partial charge in [0, 0.05) is 29.3 Å². The molecular formula is C18H15F4NOS. The predicted octanol–water partition coefficient (Wildman–Crippen LogP) is 4.90. The Hall–Kier alpha value is -1.63. The maximum absolute atomic E-state index is 13.7. The van der Waals surface area contributed by atoms with E-state index in [1.54, 1.807) is 11.8 Å². The molecule has 0 amide bonds. The Kier molecular flexibility index (Phi) is 4.02. The van der Waals surface area contributed by atoms with Crippen molar-refractivity contribution < 1.29 is 22.4 Å². The number of aliphatic imine (C=N–C) groups is 1. The van der Waals surface area contributed by atoms with Gasteiger partial charge in [0.25, 0.3) is 0 Å². The van der Waals surface area contributed by atoms with Crippen LogP contribution < -0.4 is 0 Å². The second-order valence-corrected chi connectivity index (χ2v) is 7.75. The molecule has 7 heteroatoms. The molecule has 2 atom stereocenters. The lowest BCUT2D eigenvalue weighted by molar-refractivity contribution is -0.140. The van der Waals surface area contributed by atoms with Crippen LogP contribution in [0.1, 0.15) is 42.7 Å². The largest absolute Gasteiger partial charge is 0.419 e. The molecule has 2 heterocycles. The minimum atomic E-state index is -4.76. The highest BCUT2D eigenvalue weighted by Gasteiger charge is 2.43. The van der Waals surface area contributed by atoms with Crippen molar-refractivity contribution in [3.8, 4) is 0 Å². The lowest BCUT2D eigenvalue weighted by atomic mass is 9.76. The molecule has 132 valence electrons. The SMILES string of the molecule is O=C1CCCC2=C1C(c1ccc(F)c(C(F)(F)F)c1)C1SCCC1=N2. The molecule has 1 aliphatic carbocycles. The number of ketones is 1. The zero-order valence-electron chi connectivity index (χ0n) is 13.2. The smallest absolute Gasteiger partial charge is 0.294 e. The van der Waals surface area contributed by atoms with E-state index < -0.39 is 23.5 Å². The first-order valence-electron chi connectivity index (χ1n) is 8.18. The Morgan fingerprint density at radius 3 is 2.72 bits per heavy atom. The quantitative estimate of drug-likeness (QED) is 0.659. The van der Waals surface area contributed by atoms with Crippen LogP contribution in [-0.2, 0) is 11.0 Å². The van der Waals surface area contributed by atoms with Crippen molar-refractivity contribution in [2.24, 2.45) is 4.99 Å². The molecule has 0 aromatic heterocycles. The van der Waals surface area contributed by atoms with Gasteiger partial charge in [-0.25, -0.2) is 4.39 Å². The van der Waals surface area contributed by atoms with Gasteiger partial charge in [0.2, 0.25) is 0 Å². The van der Waals surface area contributed by atoms with Gasteiger partial charge in [-0.3, -0.25) is 9.79 Å². The van der Waals surface area contributed by atoms with Gasteiger partial charge in [0.1, 0.15) is 5.82 Å². The van der Waals surface area contributed by atoms with Crippen molar-refractivity contribution in [2.75, 3.05) is 5.75 Å². The molecule has 0 saturated carbocycles. The van der Waals surface area contributed by atoms with Crippen LogP contribution in [0, 0.1) is 5.82 Å². The monoisotopic (exact) mass is 369 g/mol. The molecule has 1 aromatic carbocycles. The first kappa shape index (κ1) is 16.8. The van der Waals surface area contributed by atoms with Gasteiger partial charge in [-0.1, -0.05) is 6.07 Å². The summed E-state index contributed by atoms with van der Waals surface area (Å²) in [5, 5.41) is -0.132. The van der Waals surface area contributed by atoms with Gasteiger partial charge >= 0.3 is 6.18 Å². The van der Waals surface area contributed by atoms with Crippen LogP contribution in [0.3, 0.4) is 0 Å². The van der Waals surface area contributed by atoms with E-state index in [-0.39, 0.29) is 11.0 Å². The molecular weight excluding hydrogens is 354 g/mol. The summed E-state index contributed by atoms with van der Waals surface area (Å²) < 4.78 is 53.1. The van der Waals surface area contributed by atoms with Gasteiger partial charge in [0.15, 0.2) is 5.78 Å². The van der Waals surface area contributed by atoms with Crippen LogP contribution in [0.15, 0.2) is 34.5 Å². The molecule has 0 N–H and O–H groups in total. The Morgan fingerprint density at radius 1 is 1.16 bits per heavy atom. The number of thioether (sulfide) groups is 1. The number of benzene rings is 1. The van der Waals surface area contributed by atoms with Crippen LogP contribution in [0.4, 0.5) is 17.6 Å². The molecule has 1 fully saturated rings. The number of rotatable bonds is 1. The lowest BCUT2D eigenvalue weighted by Gasteiger charge is -2.33. The summed E-state index contributed by atoms with van der Waals surface area (Å²) in [7, 11) is 0. The average Bonchev–Trinajstić information content (AvgIpc) is 3.01. The molecule has 1 saturated heterocycles. The third-order valence-corrected chi connectivity index (χ3v) is 6.30. The molecule has 0 radical (unpaired) electrons. The van der Waals surface area contributed by atoms with Gasteiger partial charge in [-0.2, -0.15) is 24.9 Å². The lowest BCUT2D eigenvalue weighted by Crippen LogP contribution is -2.32. The number of halogens is 4. The Labute approximate surface area is 146 Å². The number of alkyl halides is 3. The summed E-state index contributed by atoms with van der Waals surface area (Å²) in [6.07, 6.45) is -2.20. The Bertz CT molecular complexity index is 812. The van der Waals surface area contributed by atoms with E-state index in [1.165, 1.54) is 6.07 Å². The van der Waals surface area contributed by atoms with Crippen LogP contribution >= 0.6 is 11.8 Å². The van der Waals surface area contributed by atoms with E-state index in [2.05, 4.69) is 4.99 Å². The van der Waals surface area contributed by atoms with Gasteiger partial charge in [0.05, 0.1) is 10.8 Å². The zero-order valence-corrected chi connectivity index (χ0v) is 14.0. The van der Waals surface area contributed by atoms with E-state index in [1.807, 2.05) is 0 Å². The fraction of sp³-hybridized carbons (Fsp3) is 0.444. The fourth-order valence-corrected chi connectivity index (χ4v) is 5.30. The maximum atomic E-state index is 13.7. The average molecular weight is 369 g/mol. The molecule has 2 aliphatic heterocycles. The summed E-state index contributed by atoms with van der Waals surface area (Å²) >= 11 is 1.61. The summed E-state index contributed by atoms with van der Waals surface area (Å²) in [6, 6.07) is 3.11. The number of carbonyl (C=O) groups excluding carboxylic acids is 1. The Balaban J connectivity index is 1.87. The number of carbonyl (C=O) groups is 1. The zero-order chi connectivity index (χ0) is 17.8. The molecule has 0 bridgehead atoms. The van der Waals surface area contributed by atoms with Crippen LogP contribution in [0.5, 0.6) is 0 Å². The third-order valence-electron chi connectivity index (χ3n) is 4.96. The van der Waals surface area contributed by atoms with E-state index in [4.69, 9.17) is 0 Å². The molecule has 1 aromatic rings. The van der Waals surface area contributed by atoms with E-state index in [0.717, 1.165) is 36.4 Å². The minimum Gasteiger partial charge on any atom is -0.294 e. The van der Waals surface area contributed by atoms with Gasteiger partial charge in [-0.05, 0) is 42.7 Å². The highest BCUT2D eigenvalue weighted by Crippen LogP contribution is 2.48. The standard InChI is InChI=1S/C18H15F4NOS/c19-11-5-4-9(8-10(11)18(20,21)22)15-16-12(2-1-3-14(16)24)23-13-6-7-25-17(13)15/h4-5,8,15,17H,1-3,6-7H2. The normalized spacial score (nSPS) is 26.4. The van der Waals surface area contributed by atoms with Crippen molar-refractivity contribution in [1.29, 1.82) is 0 Å². The molecule has 4 rings (SSSR count). The van der Waals surface area contributed by atoms with Crippen molar-refractivity contribution in [1.82, 2.24) is 0 Å². The predicted molar refractivity (Wildman–Crippen MR) is 88.3 cm³/mol. The highest BCUT2D eigenvalue weighted by atomic mass is 32.2. The molecule has 25 heavy (non-hydrogen) atoms. The van der Waals surface area contributed by atoms with Crippen molar-refractivity contribution >= 4 is 23.3 Å². The summed E-state index contributed by atoms with van der Waals surface area (Å²) in [4.78, 5) is 17.2. The first-order valence-corrected chi connectivity index (χ1v) is 9.23. The molecule has 2 nitrogen and oxygen atoms in total. The first-order chi connectivity index (χ1) is 11.9. The maximum Gasteiger partial charge on any atom is 0.419 e. The van der Waals surface area contributed by atoms with E-state index in [9.17, 15) is 22.4 Å². The highest BCUT2D eigenvalue weighted by molar-refractivity contribution is 8.01. The number of hydrogen-bond acceptors (Lipinski definition) is 3. The summed E-state index contributed by atoms with van der Waals surface area (Å²) in [6.45, 7) is 0. The van der Waals surface area contributed by atoms with Crippen molar-refractivity contribution in [2.45, 2.75) is 43.0 Å². The van der Waals surface area contributed by atoms with Gasteiger partial charge < -0.3 is 0 Å². The van der Waals surface area contributed by atoms with Crippen molar-refractivity contribution in [3.05, 3.63) is 46.4 Å². The number of hydrogen-bond donors (Lipinski definition) is 0. The number of nitrogens with zero attached hydrogens (tertiary/aromatic N) is 1. The van der Waals surface area contributed by atoms with Crippen LogP contribution in [0.2, 0.25) is 0 Å². The number of fused-ring (bicyclic) bond motifs is 1. The second kappa shape index (κ2) is 5.97. The topological polar surface area (TPSA) is 29.4 Å². The van der Waals surface area contributed by atoms with Gasteiger partial charge in [-0.15, -0.1) is 0 Å². The van der Waals surface area contributed by atoms with Crippen LogP contribution in [0.25, 0.3) is 0 Å². The third kappa shape index (κ3) is 2.82. The summed E-state index contributed by atoms with van der Waals surface area (Å²) in [5.41, 5.74) is 1.27. The van der Waals surface area contributed by atoms with E-state index in [0.29, 0.717) is 29.7 Å². The fourth-order valence-electron chi connectivity index (χ4n) is 3.87. The molecule has 3 aliphatic rings. The van der Waals surface area contributed by atoms with Crippen molar-refractivity contribution in [3.63, 3.8) is 0 Å². The number of allylic oxidation sites excluding steroid dienone is 2. The summed E-state index contributed by atoms with van der Waals surface area (Å²) in [5.74, 6) is -0.963. The minimum absolute atomic E-state index is 0.0422.